The Balaban J connectivity index is 1.44. The fourth-order valence-corrected chi connectivity index (χ4v) is 4.79. The molecule has 160 valence electrons. The quantitative estimate of drug-likeness (QED) is 0.753. The van der Waals surface area contributed by atoms with Crippen LogP contribution in [0.1, 0.15) is 73.1 Å². The number of hydrogen-bond acceptors (Lipinski definition) is 3. The van der Waals surface area contributed by atoms with E-state index >= 15 is 0 Å². The molecule has 2 heterocycles. The van der Waals surface area contributed by atoms with Gasteiger partial charge in [0.25, 0.3) is 5.91 Å². The Kier molecular flexibility index (Phi) is 5.88. The maximum absolute atomic E-state index is 13.0. The second-order valence-electron chi connectivity index (χ2n) is 9.81. The number of rotatable bonds is 4. The maximum Gasteiger partial charge on any atom is 0.251 e. The fraction of sp³-hybridized carbons (Fsp3) is 0.500. The third-order valence-corrected chi connectivity index (χ3v) is 6.29. The third kappa shape index (κ3) is 4.86. The standard InChI is InChI=1S/C26H34N2O2/c1-18-7-12-24-22(14-18)23(15-26(3,4)30-24)27-25(29)21-10-8-20(9-11-21)17-28-13-5-6-19(2)16-28/h7-12,14,19,23H,5-6,13,15-17H2,1-4H3,(H,27,29)/t19-,23-/m1/s1. The number of amides is 1. The lowest BCUT2D eigenvalue weighted by Gasteiger charge is -2.38. The zero-order valence-electron chi connectivity index (χ0n) is 18.7. The summed E-state index contributed by atoms with van der Waals surface area (Å²) in [5.41, 5.74) is 3.92. The maximum atomic E-state index is 13.0. The molecule has 1 amide bonds. The molecule has 1 N–H and O–H groups in total. The Morgan fingerprint density at radius 1 is 1.20 bits per heavy atom. The Hall–Kier alpha value is -2.33. The van der Waals surface area contributed by atoms with Crippen LogP contribution in [0.3, 0.4) is 0 Å². The highest BCUT2D eigenvalue weighted by atomic mass is 16.5. The number of aryl methyl sites for hydroxylation is 1. The van der Waals surface area contributed by atoms with Crippen molar-refractivity contribution in [3.05, 3.63) is 64.7 Å². The van der Waals surface area contributed by atoms with Crippen LogP contribution in [-0.4, -0.2) is 29.5 Å². The van der Waals surface area contributed by atoms with Crippen LogP contribution < -0.4 is 10.1 Å². The molecule has 4 heteroatoms. The van der Waals surface area contributed by atoms with Crippen molar-refractivity contribution in [3.63, 3.8) is 0 Å². The van der Waals surface area contributed by atoms with Crippen molar-refractivity contribution in [2.45, 2.75) is 65.1 Å². The topological polar surface area (TPSA) is 41.6 Å². The normalized spacial score (nSPS) is 23.3. The molecule has 0 unspecified atom stereocenters. The van der Waals surface area contributed by atoms with Crippen LogP contribution in [0.4, 0.5) is 0 Å². The number of piperidine rings is 1. The van der Waals surface area contributed by atoms with Gasteiger partial charge in [0.1, 0.15) is 11.4 Å². The first-order valence-electron chi connectivity index (χ1n) is 11.2. The first-order valence-corrected chi connectivity index (χ1v) is 11.2. The van der Waals surface area contributed by atoms with E-state index in [4.69, 9.17) is 4.74 Å². The first kappa shape index (κ1) is 20.9. The van der Waals surface area contributed by atoms with Gasteiger partial charge in [-0.05, 0) is 69.8 Å². The Morgan fingerprint density at radius 3 is 2.70 bits per heavy atom. The minimum Gasteiger partial charge on any atom is -0.487 e. The monoisotopic (exact) mass is 406 g/mol. The summed E-state index contributed by atoms with van der Waals surface area (Å²) in [5, 5.41) is 3.25. The molecule has 2 aromatic carbocycles. The van der Waals surface area contributed by atoms with Gasteiger partial charge in [-0.1, -0.05) is 36.8 Å². The summed E-state index contributed by atoms with van der Waals surface area (Å²) in [6.07, 6.45) is 3.37. The summed E-state index contributed by atoms with van der Waals surface area (Å²) in [7, 11) is 0. The minimum absolute atomic E-state index is 0.0247. The van der Waals surface area contributed by atoms with Gasteiger partial charge in [0.15, 0.2) is 0 Å². The summed E-state index contributed by atoms with van der Waals surface area (Å²) in [4.78, 5) is 15.5. The predicted octanol–water partition coefficient (Wildman–Crippen LogP) is 5.26. The molecule has 0 radical (unpaired) electrons. The lowest BCUT2D eigenvalue weighted by molar-refractivity contribution is 0.0619. The van der Waals surface area contributed by atoms with Crippen molar-refractivity contribution >= 4 is 5.91 Å². The number of ether oxygens (including phenoxy) is 1. The molecular weight excluding hydrogens is 372 g/mol. The van der Waals surface area contributed by atoms with Gasteiger partial charge in [0.2, 0.25) is 0 Å². The van der Waals surface area contributed by atoms with Crippen molar-refractivity contribution < 1.29 is 9.53 Å². The second-order valence-corrected chi connectivity index (χ2v) is 9.81. The van der Waals surface area contributed by atoms with Gasteiger partial charge < -0.3 is 10.1 Å². The van der Waals surface area contributed by atoms with E-state index in [1.807, 2.05) is 18.2 Å². The number of carbonyl (C=O) groups excluding carboxylic acids is 1. The number of nitrogens with one attached hydrogen (secondary N) is 1. The van der Waals surface area contributed by atoms with E-state index in [1.165, 1.54) is 37.1 Å². The van der Waals surface area contributed by atoms with E-state index in [-0.39, 0.29) is 17.6 Å². The van der Waals surface area contributed by atoms with Gasteiger partial charge in [0.05, 0.1) is 6.04 Å². The van der Waals surface area contributed by atoms with Crippen molar-refractivity contribution in [3.8, 4) is 5.75 Å². The highest BCUT2D eigenvalue weighted by Crippen LogP contribution is 2.40. The van der Waals surface area contributed by atoms with Crippen molar-refractivity contribution in [1.82, 2.24) is 10.2 Å². The Bertz CT molecular complexity index is 904. The number of carbonyl (C=O) groups is 1. The number of benzene rings is 2. The molecule has 0 saturated carbocycles. The zero-order valence-corrected chi connectivity index (χ0v) is 18.7. The smallest absolute Gasteiger partial charge is 0.251 e. The van der Waals surface area contributed by atoms with E-state index < -0.39 is 0 Å². The first-order chi connectivity index (χ1) is 14.3. The minimum atomic E-state index is -0.310. The average molecular weight is 407 g/mol. The van der Waals surface area contributed by atoms with Crippen LogP contribution in [-0.2, 0) is 6.54 Å². The molecule has 30 heavy (non-hydrogen) atoms. The molecule has 4 nitrogen and oxygen atoms in total. The highest BCUT2D eigenvalue weighted by Gasteiger charge is 2.34. The molecule has 4 rings (SSSR count). The van der Waals surface area contributed by atoms with E-state index in [1.54, 1.807) is 0 Å². The molecule has 0 spiro atoms. The van der Waals surface area contributed by atoms with Gasteiger partial charge in [-0.2, -0.15) is 0 Å². The van der Waals surface area contributed by atoms with Gasteiger partial charge in [-0.25, -0.2) is 0 Å². The van der Waals surface area contributed by atoms with Crippen LogP contribution in [0.2, 0.25) is 0 Å². The van der Waals surface area contributed by atoms with Crippen molar-refractivity contribution in [1.29, 1.82) is 0 Å². The highest BCUT2D eigenvalue weighted by molar-refractivity contribution is 5.94. The molecule has 2 aliphatic rings. The Morgan fingerprint density at radius 2 is 1.97 bits per heavy atom. The molecule has 1 fully saturated rings. The van der Waals surface area contributed by atoms with Crippen LogP contribution in [0.15, 0.2) is 42.5 Å². The third-order valence-electron chi connectivity index (χ3n) is 6.29. The lowest BCUT2D eigenvalue weighted by atomic mass is 9.88. The molecule has 2 aromatic rings. The van der Waals surface area contributed by atoms with E-state index in [2.05, 4.69) is 62.2 Å². The molecule has 0 bridgehead atoms. The van der Waals surface area contributed by atoms with Crippen molar-refractivity contribution in [2.75, 3.05) is 13.1 Å². The van der Waals surface area contributed by atoms with E-state index in [0.717, 1.165) is 30.2 Å². The van der Waals surface area contributed by atoms with Crippen LogP contribution in [0.25, 0.3) is 0 Å². The van der Waals surface area contributed by atoms with Gasteiger partial charge in [-0.3, -0.25) is 9.69 Å². The van der Waals surface area contributed by atoms with E-state index in [9.17, 15) is 4.79 Å². The molecule has 2 aliphatic heterocycles. The van der Waals surface area contributed by atoms with Gasteiger partial charge >= 0.3 is 0 Å². The van der Waals surface area contributed by atoms with E-state index in [0.29, 0.717) is 5.56 Å². The number of fused-ring (bicyclic) bond motifs is 1. The summed E-state index contributed by atoms with van der Waals surface area (Å²) in [6, 6.07) is 14.3. The lowest BCUT2D eigenvalue weighted by Crippen LogP contribution is -2.41. The predicted molar refractivity (Wildman–Crippen MR) is 121 cm³/mol. The number of hydrogen-bond donors (Lipinski definition) is 1. The largest absolute Gasteiger partial charge is 0.487 e. The average Bonchev–Trinajstić information content (AvgIpc) is 2.68. The van der Waals surface area contributed by atoms with Crippen LogP contribution in [0, 0.1) is 12.8 Å². The van der Waals surface area contributed by atoms with Gasteiger partial charge in [-0.15, -0.1) is 0 Å². The van der Waals surface area contributed by atoms with Crippen LogP contribution >= 0.6 is 0 Å². The molecular formula is C26H34N2O2. The Labute approximate surface area is 180 Å². The molecule has 0 aliphatic carbocycles. The zero-order chi connectivity index (χ0) is 21.3. The second kappa shape index (κ2) is 8.43. The van der Waals surface area contributed by atoms with Gasteiger partial charge in [0, 0.05) is 30.6 Å². The summed E-state index contributed by atoms with van der Waals surface area (Å²) in [5.74, 6) is 1.62. The summed E-state index contributed by atoms with van der Waals surface area (Å²) < 4.78 is 6.13. The summed E-state index contributed by atoms with van der Waals surface area (Å²) in [6.45, 7) is 11.9. The molecule has 0 aromatic heterocycles. The van der Waals surface area contributed by atoms with Crippen LogP contribution in [0.5, 0.6) is 5.75 Å². The number of nitrogens with zero attached hydrogens (tertiary/aromatic N) is 1. The molecule has 1 saturated heterocycles. The summed E-state index contributed by atoms with van der Waals surface area (Å²) >= 11 is 0. The number of likely N-dealkylation sites (tertiary alicyclic amines) is 1. The SMILES string of the molecule is Cc1ccc2c(c1)[C@H](NC(=O)c1ccc(CN3CCC[C@@H](C)C3)cc1)CC(C)(C)O2. The van der Waals surface area contributed by atoms with Crippen molar-refractivity contribution in [2.24, 2.45) is 5.92 Å². The fourth-order valence-electron chi connectivity index (χ4n) is 4.79. The molecule has 2 atom stereocenters.